The monoisotopic (exact) mass is 266 g/mol. The van der Waals surface area contributed by atoms with Crippen LogP contribution in [-0.2, 0) is 0 Å². The molecule has 18 heavy (non-hydrogen) atoms. The average molecular weight is 267 g/mol. The highest BCUT2D eigenvalue weighted by molar-refractivity contribution is 6.30. The Hall–Kier alpha value is -0.570. The van der Waals surface area contributed by atoms with Gasteiger partial charge in [-0.05, 0) is 62.9 Å². The molecule has 1 atom stereocenters. The molecular weight excluding hydrogens is 244 g/mol. The Morgan fingerprint density at radius 3 is 2.44 bits per heavy atom. The smallest absolute Gasteiger partial charge is 0.0406 e. The fourth-order valence-electron chi connectivity index (χ4n) is 2.63. The van der Waals surface area contributed by atoms with Gasteiger partial charge in [0.15, 0.2) is 0 Å². The molecule has 0 radical (unpaired) electrons. The summed E-state index contributed by atoms with van der Waals surface area (Å²) in [5.74, 6) is 0. The molecule has 1 aliphatic carbocycles. The lowest BCUT2D eigenvalue weighted by Gasteiger charge is -2.29. The molecule has 1 aromatic rings. The highest BCUT2D eigenvalue weighted by Crippen LogP contribution is 2.49. The van der Waals surface area contributed by atoms with Crippen molar-refractivity contribution in [1.29, 1.82) is 0 Å². The second kappa shape index (κ2) is 5.60. The number of rotatable bonds is 6. The molecule has 2 rings (SSSR count). The summed E-state index contributed by atoms with van der Waals surface area (Å²) in [5, 5.41) is 0.801. The molecule has 1 aromatic carbocycles. The van der Waals surface area contributed by atoms with Gasteiger partial charge in [-0.2, -0.15) is 0 Å². The highest BCUT2D eigenvalue weighted by Gasteiger charge is 2.42. The normalized spacial score (nSPS) is 18.9. The van der Waals surface area contributed by atoms with E-state index in [1.807, 2.05) is 12.1 Å². The Kier molecular flexibility index (Phi) is 4.31. The fourth-order valence-corrected chi connectivity index (χ4v) is 2.76. The van der Waals surface area contributed by atoms with Crippen molar-refractivity contribution in [2.45, 2.75) is 32.2 Å². The van der Waals surface area contributed by atoms with Crippen LogP contribution in [0, 0.1) is 5.41 Å². The van der Waals surface area contributed by atoms with Gasteiger partial charge in [0.05, 0.1) is 0 Å². The van der Waals surface area contributed by atoms with Gasteiger partial charge in [-0.3, -0.25) is 4.90 Å². The van der Waals surface area contributed by atoms with Crippen LogP contribution in [0.25, 0.3) is 0 Å². The van der Waals surface area contributed by atoms with Crippen molar-refractivity contribution >= 4 is 11.6 Å². The van der Waals surface area contributed by atoms with Gasteiger partial charge in [-0.15, -0.1) is 0 Å². The summed E-state index contributed by atoms with van der Waals surface area (Å²) in [6.07, 6.45) is 3.83. The molecule has 0 bridgehead atoms. The molecule has 0 saturated heterocycles. The quantitative estimate of drug-likeness (QED) is 0.854. The van der Waals surface area contributed by atoms with E-state index < -0.39 is 0 Å². The molecule has 0 heterocycles. The summed E-state index contributed by atoms with van der Waals surface area (Å²) < 4.78 is 0. The van der Waals surface area contributed by atoms with Crippen LogP contribution in [0.1, 0.15) is 37.8 Å². The maximum Gasteiger partial charge on any atom is 0.0406 e. The largest absolute Gasteiger partial charge is 0.330 e. The maximum absolute atomic E-state index is 5.93. The molecule has 0 spiro atoms. The predicted octanol–water partition coefficient (Wildman–Crippen LogP) is 3.46. The Balaban J connectivity index is 1.96. The first-order chi connectivity index (χ1) is 8.56. The molecule has 1 fully saturated rings. The van der Waals surface area contributed by atoms with Gasteiger partial charge in [0, 0.05) is 17.6 Å². The second-order valence-electron chi connectivity index (χ2n) is 5.68. The number of halogens is 1. The lowest BCUT2D eigenvalue weighted by atomic mass is 10.00. The van der Waals surface area contributed by atoms with E-state index >= 15 is 0 Å². The topological polar surface area (TPSA) is 29.3 Å². The van der Waals surface area contributed by atoms with Crippen LogP contribution < -0.4 is 5.73 Å². The van der Waals surface area contributed by atoms with Crippen molar-refractivity contribution in [1.82, 2.24) is 4.90 Å². The standard InChI is InChI=1S/C15H23ClN2/c1-12(13-3-5-14(16)6-4-13)18(2)11-15(7-8-15)9-10-17/h3-6,12H,7-11,17H2,1-2H3. The van der Waals surface area contributed by atoms with Gasteiger partial charge >= 0.3 is 0 Å². The molecule has 1 aliphatic rings. The molecule has 0 aliphatic heterocycles. The lowest BCUT2D eigenvalue weighted by Crippen LogP contribution is -2.30. The minimum absolute atomic E-state index is 0.428. The number of nitrogens with two attached hydrogens (primary N) is 1. The van der Waals surface area contributed by atoms with E-state index in [0.717, 1.165) is 24.5 Å². The third-order valence-corrected chi connectivity index (χ3v) is 4.48. The summed E-state index contributed by atoms with van der Waals surface area (Å²) >= 11 is 5.93. The van der Waals surface area contributed by atoms with E-state index in [0.29, 0.717) is 11.5 Å². The first-order valence-electron chi connectivity index (χ1n) is 6.72. The van der Waals surface area contributed by atoms with Crippen LogP contribution in [0.4, 0.5) is 0 Å². The van der Waals surface area contributed by atoms with Crippen LogP contribution in [-0.4, -0.2) is 25.0 Å². The first-order valence-corrected chi connectivity index (χ1v) is 7.10. The number of nitrogens with zero attached hydrogens (tertiary/aromatic N) is 1. The summed E-state index contributed by atoms with van der Waals surface area (Å²) in [5.41, 5.74) is 7.53. The van der Waals surface area contributed by atoms with E-state index in [9.17, 15) is 0 Å². The first kappa shape index (κ1) is 13.9. The number of benzene rings is 1. The molecule has 3 heteroatoms. The molecular formula is C15H23ClN2. The van der Waals surface area contributed by atoms with Gasteiger partial charge in [-0.25, -0.2) is 0 Å². The molecule has 0 aromatic heterocycles. The minimum atomic E-state index is 0.428. The van der Waals surface area contributed by atoms with E-state index in [1.165, 1.54) is 18.4 Å². The summed E-state index contributed by atoms with van der Waals surface area (Å²) in [6.45, 7) is 4.21. The fraction of sp³-hybridized carbons (Fsp3) is 0.600. The van der Waals surface area contributed by atoms with Gasteiger partial charge in [0.2, 0.25) is 0 Å². The maximum atomic E-state index is 5.93. The molecule has 2 N–H and O–H groups in total. The molecule has 1 unspecified atom stereocenters. The van der Waals surface area contributed by atoms with Gasteiger partial charge in [0.25, 0.3) is 0 Å². The van der Waals surface area contributed by atoms with E-state index in [-0.39, 0.29) is 0 Å². The Bertz CT molecular complexity index is 384. The van der Waals surface area contributed by atoms with Crippen LogP contribution in [0.5, 0.6) is 0 Å². The SMILES string of the molecule is CC(c1ccc(Cl)cc1)N(C)CC1(CCN)CC1. The molecule has 0 amide bonds. The highest BCUT2D eigenvalue weighted by atomic mass is 35.5. The molecule has 100 valence electrons. The van der Waals surface area contributed by atoms with Crippen LogP contribution >= 0.6 is 11.6 Å². The van der Waals surface area contributed by atoms with Gasteiger partial charge < -0.3 is 5.73 Å². The Morgan fingerprint density at radius 2 is 1.94 bits per heavy atom. The van der Waals surface area contributed by atoms with E-state index in [2.05, 4.69) is 31.0 Å². The van der Waals surface area contributed by atoms with Crippen LogP contribution in [0.15, 0.2) is 24.3 Å². The van der Waals surface area contributed by atoms with Crippen LogP contribution in [0.2, 0.25) is 5.02 Å². The predicted molar refractivity (Wildman–Crippen MR) is 77.8 cm³/mol. The van der Waals surface area contributed by atoms with Crippen LogP contribution in [0.3, 0.4) is 0 Å². The van der Waals surface area contributed by atoms with E-state index in [4.69, 9.17) is 17.3 Å². The van der Waals surface area contributed by atoms with Gasteiger partial charge in [0.1, 0.15) is 0 Å². The van der Waals surface area contributed by atoms with Crippen molar-refractivity contribution in [3.05, 3.63) is 34.9 Å². The molecule has 1 saturated carbocycles. The second-order valence-corrected chi connectivity index (χ2v) is 6.12. The Labute approximate surface area is 115 Å². The van der Waals surface area contributed by atoms with Crippen molar-refractivity contribution in [2.24, 2.45) is 11.1 Å². The lowest BCUT2D eigenvalue weighted by molar-refractivity contribution is 0.203. The average Bonchev–Trinajstić information content (AvgIpc) is 3.09. The number of hydrogen-bond acceptors (Lipinski definition) is 2. The van der Waals surface area contributed by atoms with Crippen molar-refractivity contribution in [2.75, 3.05) is 20.1 Å². The van der Waals surface area contributed by atoms with Crippen molar-refractivity contribution in [3.8, 4) is 0 Å². The third kappa shape index (κ3) is 3.25. The minimum Gasteiger partial charge on any atom is -0.330 e. The van der Waals surface area contributed by atoms with Gasteiger partial charge in [-0.1, -0.05) is 23.7 Å². The summed E-state index contributed by atoms with van der Waals surface area (Å²) in [7, 11) is 2.20. The summed E-state index contributed by atoms with van der Waals surface area (Å²) in [6, 6.07) is 8.59. The Morgan fingerprint density at radius 1 is 1.33 bits per heavy atom. The molecule has 2 nitrogen and oxygen atoms in total. The summed E-state index contributed by atoms with van der Waals surface area (Å²) in [4.78, 5) is 2.44. The van der Waals surface area contributed by atoms with Crippen molar-refractivity contribution < 1.29 is 0 Å². The number of hydrogen-bond donors (Lipinski definition) is 1. The zero-order valence-corrected chi connectivity index (χ0v) is 12.1. The van der Waals surface area contributed by atoms with Crippen molar-refractivity contribution in [3.63, 3.8) is 0 Å². The third-order valence-electron chi connectivity index (χ3n) is 4.23. The van der Waals surface area contributed by atoms with E-state index in [1.54, 1.807) is 0 Å². The zero-order valence-electron chi connectivity index (χ0n) is 11.3. The zero-order chi connectivity index (χ0) is 13.2.